The largest absolute Gasteiger partial charge is 0.492 e. The number of carbonyl (C=O) groups is 1. The molecule has 0 saturated carbocycles. The van der Waals surface area contributed by atoms with Crippen LogP contribution in [0.5, 0.6) is 5.75 Å². The topological polar surface area (TPSA) is 88.3 Å². The average molecular weight is 398 g/mol. The summed E-state index contributed by atoms with van der Waals surface area (Å²) in [4.78, 5) is 15.8. The van der Waals surface area contributed by atoms with Gasteiger partial charge < -0.3 is 9.72 Å². The van der Waals surface area contributed by atoms with Crippen molar-refractivity contribution in [1.29, 1.82) is 0 Å². The lowest BCUT2D eigenvalue weighted by atomic mass is 9.94. The van der Waals surface area contributed by atoms with Crippen molar-refractivity contribution in [1.82, 2.24) is 4.98 Å². The summed E-state index contributed by atoms with van der Waals surface area (Å²) in [6.45, 7) is 4.03. The molecule has 0 atom stereocenters. The van der Waals surface area contributed by atoms with E-state index in [9.17, 15) is 13.2 Å². The minimum Gasteiger partial charge on any atom is -0.492 e. The van der Waals surface area contributed by atoms with E-state index < -0.39 is 10.0 Å². The molecule has 28 heavy (non-hydrogen) atoms. The molecule has 1 aromatic heterocycles. The molecule has 4 rings (SSSR count). The molecule has 0 saturated heterocycles. The van der Waals surface area contributed by atoms with E-state index in [0.717, 1.165) is 23.9 Å². The number of aromatic amines is 1. The van der Waals surface area contributed by atoms with E-state index in [-0.39, 0.29) is 10.7 Å². The molecule has 0 amide bonds. The summed E-state index contributed by atoms with van der Waals surface area (Å²) in [5.41, 5.74) is 3.26. The first-order chi connectivity index (χ1) is 13.4. The lowest BCUT2D eigenvalue weighted by Crippen LogP contribution is -2.15. The molecule has 3 aromatic rings. The summed E-state index contributed by atoms with van der Waals surface area (Å²) < 4.78 is 34.3. The number of anilines is 1. The maximum absolute atomic E-state index is 13.1. The Labute approximate surface area is 164 Å². The number of para-hydroxylation sites is 2. The normalized spacial score (nSPS) is 14.1. The van der Waals surface area contributed by atoms with Crippen LogP contribution in [0.1, 0.15) is 41.4 Å². The summed E-state index contributed by atoms with van der Waals surface area (Å²) in [5, 5.41) is 0.797. The molecular formula is C21H22N2O4S. The predicted molar refractivity (Wildman–Crippen MR) is 109 cm³/mol. The highest BCUT2D eigenvalue weighted by Gasteiger charge is 2.25. The first kappa shape index (κ1) is 18.6. The van der Waals surface area contributed by atoms with Crippen LogP contribution >= 0.6 is 0 Å². The van der Waals surface area contributed by atoms with Gasteiger partial charge in [-0.25, -0.2) is 8.42 Å². The Morgan fingerprint density at radius 3 is 2.75 bits per heavy atom. The van der Waals surface area contributed by atoms with Gasteiger partial charge in [-0.3, -0.25) is 9.52 Å². The molecule has 0 aliphatic heterocycles. The Morgan fingerprint density at radius 1 is 1.18 bits per heavy atom. The second kappa shape index (κ2) is 6.98. The van der Waals surface area contributed by atoms with Crippen molar-refractivity contribution >= 4 is 32.4 Å². The molecule has 1 heterocycles. The number of hydrogen-bond acceptors (Lipinski definition) is 4. The second-order valence-electron chi connectivity index (χ2n) is 6.95. The summed E-state index contributed by atoms with van der Waals surface area (Å²) in [6.07, 6.45) is 2.16. The van der Waals surface area contributed by atoms with Crippen molar-refractivity contribution in [3.8, 4) is 5.75 Å². The SMILES string of the molecule is CCOc1ccccc1NS(=O)(=O)c1cc2[nH]c3c(c2cc1C)C(=O)CCC3. The van der Waals surface area contributed by atoms with Gasteiger partial charge in [-0.05, 0) is 56.5 Å². The first-order valence-corrected chi connectivity index (χ1v) is 10.8. The minimum atomic E-state index is -3.83. The molecule has 0 spiro atoms. The van der Waals surface area contributed by atoms with Crippen LogP contribution in [0.3, 0.4) is 0 Å². The van der Waals surface area contributed by atoms with Gasteiger partial charge in [0.1, 0.15) is 5.75 Å². The monoisotopic (exact) mass is 398 g/mol. The van der Waals surface area contributed by atoms with E-state index in [2.05, 4.69) is 9.71 Å². The van der Waals surface area contributed by atoms with Crippen LogP contribution < -0.4 is 9.46 Å². The van der Waals surface area contributed by atoms with Crippen molar-refractivity contribution in [2.24, 2.45) is 0 Å². The molecule has 1 aliphatic rings. The number of aryl methyl sites for hydroxylation is 2. The number of sulfonamides is 1. The van der Waals surface area contributed by atoms with Crippen LogP contribution in [0.4, 0.5) is 5.69 Å². The van der Waals surface area contributed by atoms with Gasteiger partial charge in [0.15, 0.2) is 5.78 Å². The zero-order valence-electron chi connectivity index (χ0n) is 15.8. The molecule has 1 aliphatic carbocycles. The molecular weight excluding hydrogens is 376 g/mol. The number of ketones is 1. The number of hydrogen-bond donors (Lipinski definition) is 2. The highest BCUT2D eigenvalue weighted by Crippen LogP contribution is 2.33. The average Bonchev–Trinajstić information content (AvgIpc) is 3.01. The lowest BCUT2D eigenvalue weighted by Gasteiger charge is -2.14. The fourth-order valence-electron chi connectivity index (χ4n) is 3.76. The quantitative estimate of drug-likeness (QED) is 0.674. The van der Waals surface area contributed by atoms with Gasteiger partial charge >= 0.3 is 0 Å². The maximum atomic E-state index is 13.1. The van der Waals surface area contributed by atoms with E-state index >= 15 is 0 Å². The fraction of sp³-hybridized carbons (Fsp3) is 0.286. The predicted octanol–water partition coefficient (Wildman–Crippen LogP) is 4.19. The highest BCUT2D eigenvalue weighted by molar-refractivity contribution is 7.92. The summed E-state index contributed by atoms with van der Waals surface area (Å²) in [6, 6.07) is 10.3. The third-order valence-electron chi connectivity index (χ3n) is 5.00. The summed E-state index contributed by atoms with van der Waals surface area (Å²) in [5.74, 6) is 0.597. The summed E-state index contributed by atoms with van der Waals surface area (Å²) in [7, 11) is -3.83. The van der Waals surface area contributed by atoms with Crippen molar-refractivity contribution in [3.63, 3.8) is 0 Å². The zero-order valence-corrected chi connectivity index (χ0v) is 16.7. The third kappa shape index (κ3) is 3.16. The molecule has 0 unspecified atom stereocenters. The number of carbonyl (C=O) groups excluding carboxylic acids is 1. The Morgan fingerprint density at radius 2 is 1.96 bits per heavy atom. The Balaban J connectivity index is 1.78. The van der Waals surface area contributed by atoms with Crippen LogP contribution in [-0.4, -0.2) is 25.8 Å². The standard InChI is InChI=1S/C21H22N2O4S/c1-3-27-19-10-5-4-7-15(19)23-28(25,26)20-12-17-14(11-13(20)2)21-16(22-17)8-6-9-18(21)24/h4-5,7,10-12,22-23H,3,6,8-9H2,1-2H3. The van der Waals surface area contributed by atoms with E-state index in [0.29, 0.717) is 41.1 Å². The van der Waals surface area contributed by atoms with Gasteiger partial charge in [-0.1, -0.05) is 12.1 Å². The molecule has 146 valence electrons. The molecule has 2 aromatic carbocycles. The smallest absolute Gasteiger partial charge is 0.262 e. The van der Waals surface area contributed by atoms with Gasteiger partial charge in [0, 0.05) is 28.6 Å². The van der Waals surface area contributed by atoms with Crippen molar-refractivity contribution in [2.75, 3.05) is 11.3 Å². The highest BCUT2D eigenvalue weighted by atomic mass is 32.2. The van der Waals surface area contributed by atoms with Gasteiger partial charge in [-0.2, -0.15) is 0 Å². The van der Waals surface area contributed by atoms with Crippen LogP contribution in [0.2, 0.25) is 0 Å². The van der Waals surface area contributed by atoms with E-state index in [4.69, 9.17) is 4.74 Å². The van der Waals surface area contributed by atoms with Crippen LogP contribution in [0.25, 0.3) is 10.9 Å². The van der Waals surface area contributed by atoms with E-state index in [1.54, 1.807) is 43.3 Å². The van der Waals surface area contributed by atoms with Crippen LogP contribution in [-0.2, 0) is 16.4 Å². The number of H-pyrrole nitrogens is 1. The molecule has 0 bridgehead atoms. The molecule has 0 radical (unpaired) electrons. The minimum absolute atomic E-state index is 0.117. The lowest BCUT2D eigenvalue weighted by molar-refractivity contribution is 0.0974. The van der Waals surface area contributed by atoms with Crippen molar-refractivity contribution in [2.45, 2.75) is 38.0 Å². The first-order valence-electron chi connectivity index (χ1n) is 9.33. The Kier molecular flexibility index (Phi) is 4.63. The number of benzene rings is 2. The Bertz CT molecular complexity index is 1180. The van der Waals surface area contributed by atoms with Gasteiger partial charge in [0.05, 0.1) is 17.2 Å². The number of fused-ring (bicyclic) bond motifs is 3. The van der Waals surface area contributed by atoms with Gasteiger partial charge in [0.2, 0.25) is 0 Å². The molecule has 0 fully saturated rings. The van der Waals surface area contributed by atoms with Crippen LogP contribution in [0, 0.1) is 6.92 Å². The second-order valence-corrected chi connectivity index (χ2v) is 8.60. The number of aromatic nitrogens is 1. The van der Waals surface area contributed by atoms with Crippen molar-refractivity contribution in [3.05, 3.63) is 53.2 Å². The van der Waals surface area contributed by atoms with E-state index in [1.807, 2.05) is 6.92 Å². The number of rotatable bonds is 5. The molecule has 7 heteroatoms. The van der Waals surface area contributed by atoms with Gasteiger partial charge in [0.25, 0.3) is 10.0 Å². The Hall–Kier alpha value is -2.80. The third-order valence-corrected chi connectivity index (χ3v) is 6.51. The van der Waals surface area contributed by atoms with Crippen LogP contribution in [0.15, 0.2) is 41.3 Å². The molecule has 2 N–H and O–H groups in total. The fourth-order valence-corrected chi connectivity index (χ4v) is 5.09. The molecule has 6 nitrogen and oxygen atoms in total. The van der Waals surface area contributed by atoms with E-state index in [1.165, 1.54) is 0 Å². The number of nitrogens with one attached hydrogen (secondary N) is 2. The maximum Gasteiger partial charge on any atom is 0.262 e. The zero-order chi connectivity index (χ0) is 19.9. The van der Waals surface area contributed by atoms with Gasteiger partial charge in [-0.15, -0.1) is 0 Å². The summed E-state index contributed by atoms with van der Waals surface area (Å²) >= 11 is 0. The number of ether oxygens (including phenoxy) is 1. The van der Waals surface area contributed by atoms with Crippen molar-refractivity contribution < 1.29 is 17.9 Å². The number of Topliss-reactive ketones (excluding diaryl/α,β-unsaturated/α-hetero) is 1.